The SMILES string of the molecule is O=C(NC1(c2ccc(F)cc2F)CC1)c1cn2c(c(O)c1=O)C(=O)N1C(C2)O[C@@H]2CCC[C@@H]1C2. The molecule has 1 unspecified atom stereocenters. The summed E-state index contributed by atoms with van der Waals surface area (Å²) in [4.78, 5) is 40.8. The third kappa shape index (κ3) is 3.15. The fraction of sp³-hybridized carbons (Fsp3) is 0.458. The molecule has 2 amide bonds. The largest absolute Gasteiger partial charge is 0.503 e. The second-order valence-electron chi connectivity index (χ2n) is 9.63. The highest BCUT2D eigenvalue weighted by molar-refractivity contribution is 5.99. The molecule has 0 spiro atoms. The maximum atomic E-state index is 14.4. The summed E-state index contributed by atoms with van der Waals surface area (Å²) in [6.07, 6.45) is 5.07. The number of halogens is 2. The summed E-state index contributed by atoms with van der Waals surface area (Å²) in [6, 6.07) is 3.13. The van der Waals surface area contributed by atoms with E-state index in [-0.39, 0.29) is 35.5 Å². The minimum absolute atomic E-state index is 0.00319. The van der Waals surface area contributed by atoms with Gasteiger partial charge in [-0.3, -0.25) is 14.4 Å². The first kappa shape index (κ1) is 21.3. The molecule has 1 saturated heterocycles. The Hall–Kier alpha value is -3.27. The van der Waals surface area contributed by atoms with Crippen LogP contribution in [0.1, 0.15) is 64.9 Å². The van der Waals surface area contributed by atoms with Gasteiger partial charge in [0.2, 0.25) is 5.43 Å². The van der Waals surface area contributed by atoms with Crippen molar-refractivity contribution >= 4 is 11.8 Å². The number of aromatic hydroxyl groups is 1. The minimum Gasteiger partial charge on any atom is -0.503 e. The average Bonchev–Trinajstić information content (AvgIpc) is 3.55. The van der Waals surface area contributed by atoms with Gasteiger partial charge >= 0.3 is 0 Å². The van der Waals surface area contributed by atoms with Crippen LogP contribution in [0, 0.1) is 11.6 Å². The van der Waals surface area contributed by atoms with E-state index in [1.165, 1.54) is 16.8 Å². The van der Waals surface area contributed by atoms with Crippen LogP contribution in [0.5, 0.6) is 5.75 Å². The van der Waals surface area contributed by atoms with Crippen LogP contribution in [0.4, 0.5) is 8.78 Å². The number of hydrogen-bond acceptors (Lipinski definition) is 5. The van der Waals surface area contributed by atoms with E-state index < -0.39 is 46.4 Å². The summed E-state index contributed by atoms with van der Waals surface area (Å²) in [7, 11) is 0. The van der Waals surface area contributed by atoms with Crippen LogP contribution in [0.3, 0.4) is 0 Å². The molecule has 10 heteroatoms. The second kappa shape index (κ2) is 7.36. The molecule has 3 fully saturated rings. The fourth-order valence-electron chi connectivity index (χ4n) is 5.67. The van der Waals surface area contributed by atoms with Crippen LogP contribution in [0.15, 0.2) is 29.2 Å². The Balaban J connectivity index is 1.33. The second-order valence-corrected chi connectivity index (χ2v) is 9.63. The lowest BCUT2D eigenvalue weighted by Gasteiger charge is -2.50. The van der Waals surface area contributed by atoms with Crippen molar-refractivity contribution in [1.82, 2.24) is 14.8 Å². The standard InChI is InChI=1S/C24H23F2N3O5/c25-12-4-5-16(17(26)8-12)24(6-7-24)27-22(32)15-10-28-11-18-29(13-2-1-3-14(9-13)34-18)23(33)19(28)21(31)20(15)30/h4-5,8,10,13-14,18,31H,1-3,6-7,9,11H2,(H,27,32)/t13-,14-,18?/m1/s1. The maximum absolute atomic E-state index is 14.4. The summed E-state index contributed by atoms with van der Waals surface area (Å²) < 4.78 is 35.2. The maximum Gasteiger partial charge on any atom is 0.276 e. The molecular weight excluding hydrogens is 448 g/mol. The lowest BCUT2D eigenvalue weighted by molar-refractivity contribution is -0.170. The van der Waals surface area contributed by atoms with Crippen molar-refractivity contribution in [3.8, 4) is 5.75 Å². The van der Waals surface area contributed by atoms with E-state index in [9.17, 15) is 28.3 Å². The first-order valence-electron chi connectivity index (χ1n) is 11.5. The molecule has 2 aromatic rings. The number of aromatic nitrogens is 1. The first-order chi connectivity index (χ1) is 16.3. The zero-order chi connectivity index (χ0) is 23.8. The van der Waals surface area contributed by atoms with E-state index in [1.807, 2.05) is 0 Å². The molecule has 34 heavy (non-hydrogen) atoms. The van der Waals surface area contributed by atoms with E-state index in [4.69, 9.17) is 4.74 Å². The number of carbonyl (C=O) groups is 2. The number of fused-ring (bicyclic) bond motifs is 5. The van der Waals surface area contributed by atoms with Gasteiger partial charge in [0.05, 0.1) is 18.2 Å². The number of benzene rings is 1. The van der Waals surface area contributed by atoms with Crippen molar-refractivity contribution in [3.63, 3.8) is 0 Å². The zero-order valence-corrected chi connectivity index (χ0v) is 18.2. The van der Waals surface area contributed by atoms with Crippen molar-refractivity contribution in [2.24, 2.45) is 0 Å². The molecule has 1 aromatic heterocycles. The van der Waals surface area contributed by atoms with Crippen LogP contribution >= 0.6 is 0 Å². The third-order valence-corrected chi connectivity index (χ3v) is 7.49. The normalized spacial score (nSPS) is 26.5. The fourth-order valence-corrected chi connectivity index (χ4v) is 5.67. The number of nitrogens with one attached hydrogen (secondary N) is 1. The van der Waals surface area contributed by atoms with Crippen molar-refractivity contribution in [2.75, 3.05) is 0 Å². The first-order valence-corrected chi connectivity index (χ1v) is 11.5. The Kier molecular flexibility index (Phi) is 4.61. The van der Waals surface area contributed by atoms with Gasteiger partial charge in [0.15, 0.2) is 17.7 Å². The van der Waals surface area contributed by atoms with Crippen LogP contribution in [-0.4, -0.2) is 44.8 Å². The lowest BCUT2D eigenvalue weighted by atomic mass is 9.89. The van der Waals surface area contributed by atoms with E-state index in [0.29, 0.717) is 12.8 Å². The summed E-state index contributed by atoms with van der Waals surface area (Å²) in [5, 5.41) is 13.3. The predicted molar refractivity (Wildman–Crippen MR) is 114 cm³/mol. The Morgan fingerprint density at radius 2 is 2.00 bits per heavy atom. The molecule has 8 nitrogen and oxygen atoms in total. The molecule has 178 valence electrons. The zero-order valence-electron chi connectivity index (χ0n) is 18.2. The van der Waals surface area contributed by atoms with Gasteiger partial charge < -0.3 is 24.6 Å². The molecule has 1 aromatic carbocycles. The number of rotatable bonds is 3. The topological polar surface area (TPSA) is 101 Å². The summed E-state index contributed by atoms with van der Waals surface area (Å²) in [5.74, 6) is -3.59. The number of amides is 2. The van der Waals surface area contributed by atoms with Crippen molar-refractivity contribution in [2.45, 2.75) is 69.0 Å². The minimum atomic E-state index is -1.05. The molecule has 4 aliphatic rings. The van der Waals surface area contributed by atoms with Gasteiger partial charge in [0.25, 0.3) is 11.8 Å². The number of carbonyl (C=O) groups excluding carboxylic acids is 2. The monoisotopic (exact) mass is 471 g/mol. The molecule has 2 saturated carbocycles. The van der Waals surface area contributed by atoms with Gasteiger partial charge in [-0.25, -0.2) is 8.78 Å². The lowest BCUT2D eigenvalue weighted by Crippen LogP contribution is -2.61. The Morgan fingerprint density at radius 3 is 2.74 bits per heavy atom. The van der Waals surface area contributed by atoms with Gasteiger partial charge in [-0.2, -0.15) is 0 Å². The van der Waals surface area contributed by atoms with E-state index in [2.05, 4.69) is 5.32 Å². The van der Waals surface area contributed by atoms with Gasteiger partial charge in [0.1, 0.15) is 17.2 Å². The molecule has 2 N–H and O–H groups in total. The summed E-state index contributed by atoms with van der Waals surface area (Å²) in [6.45, 7) is 0.180. The van der Waals surface area contributed by atoms with E-state index in [0.717, 1.165) is 37.8 Å². The van der Waals surface area contributed by atoms with Crippen LogP contribution < -0.4 is 10.7 Å². The van der Waals surface area contributed by atoms with Gasteiger partial charge in [-0.1, -0.05) is 6.07 Å². The number of pyridine rings is 1. The Labute approximate surface area is 193 Å². The van der Waals surface area contributed by atoms with Gasteiger partial charge in [0, 0.05) is 23.9 Å². The van der Waals surface area contributed by atoms with Crippen molar-refractivity contribution < 1.29 is 28.2 Å². The highest BCUT2D eigenvalue weighted by Gasteiger charge is 2.49. The summed E-state index contributed by atoms with van der Waals surface area (Å²) >= 11 is 0. The molecule has 0 radical (unpaired) electrons. The van der Waals surface area contributed by atoms with E-state index >= 15 is 0 Å². The smallest absolute Gasteiger partial charge is 0.276 e. The molecule has 2 aliphatic carbocycles. The molecular formula is C24H23F2N3O5. The molecule has 2 bridgehead atoms. The highest BCUT2D eigenvalue weighted by Crippen LogP contribution is 2.46. The number of nitrogens with zero attached hydrogens (tertiary/aromatic N) is 2. The molecule has 3 heterocycles. The van der Waals surface area contributed by atoms with Crippen LogP contribution in [-0.2, 0) is 16.8 Å². The quantitative estimate of drug-likeness (QED) is 0.716. The van der Waals surface area contributed by atoms with Gasteiger partial charge in [-0.05, 0) is 44.6 Å². The van der Waals surface area contributed by atoms with Crippen LogP contribution in [0.2, 0.25) is 0 Å². The molecule has 3 atom stereocenters. The van der Waals surface area contributed by atoms with Crippen LogP contribution in [0.25, 0.3) is 0 Å². The average molecular weight is 471 g/mol. The molecule has 6 rings (SSSR count). The Bertz CT molecular complexity index is 1290. The van der Waals surface area contributed by atoms with Crippen molar-refractivity contribution in [3.05, 3.63) is 63.1 Å². The number of ether oxygens (including phenoxy) is 1. The number of hydrogen-bond donors (Lipinski definition) is 2. The predicted octanol–water partition coefficient (Wildman–Crippen LogP) is 2.37. The highest BCUT2D eigenvalue weighted by atomic mass is 19.1. The molecule has 2 aliphatic heterocycles. The van der Waals surface area contributed by atoms with Gasteiger partial charge in [-0.15, -0.1) is 0 Å². The Morgan fingerprint density at radius 1 is 1.21 bits per heavy atom. The van der Waals surface area contributed by atoms with E-state index in [1.54, 1.807) is 4.90 Å². The summed E-state index contributed by atoms with van der Waals surface area (Å²) in [5.41, 5.74) is -2.39. The third-order valence-electron chi connectivity index (χ3n) is 7.49. The van der Waals surface area contributed by atoms with Crippen molar-refractivity contribution in [1.29, 1.82) is 0 Å².